The first-order chi connectivity index (χ1) is 18.9. The number of amides is 4. The van der Waals surface area contributed by atoms with Gasteiger partial charge < -0.3 is 15.0 Å². The summed E-state index contributed by atoms with van der Waals surface area (Å²) in [6, 6.07) is 15.3. The topological polar surface area (TPSA) is 118 Å². The van der Waals surface area contributed by atoms with Gasteiger partial charge in [-0.25, -0.2) is 9.78 Å². The number of alkyl carbamates (subject to hydrolysis) is 1. The van der Waals surface area contributed by atoms with Crippen molar-refractivity contribution >= 4 is 35.2 Å². The van der Waals surface area contributed by atoms with Crippen molar-refractivity contribution in [2.75, 3.05) is 0 Å². The van der Waals surface area contributed by atoms with Crippen LogP contribution in [0.3, 0.4) is 0 Å². The van der Waals surface area contributed by atoms with Gasteiger partial charge >= 0.3 is 6.09 Å². The van der Waals surface area contributed by atoms with Crippen molar-refractivity contribution in [3.63, 3.8) is 0 Å². The van der Waals surface area contributed by atoms with Crippen LogP contribution in [0.4, 0.5) is 4.79 Å². The van der Waals surface area contributed by atoms with Crippen molar-refractivity contribution in [2.24, 2.45) is 0 Å². The third kappa shape index (κ3) is 5.29. The predicted octanol–water partition coefficient (Wildman–Crippen LogP) is 3.60. The monoisotopic (exact) mass is 544 g/mol. The summed E-state index contributed by atoms with van der Waals surface area (Å²) in [5, 5.41) is 5.84. The summed E-state index contributed by atoms with van der Waals surface area (Å²) in [6.45, 7) is 0.633. The Kier molecular flexibility index (Phi) is 6.86. The van der Waals surface area contributed by atoms with E-state index >= 15 is 0 Å². The molecule has 3 aromatic rings. The average molecular weight is 545 g/mol. The second-order valence-corrected chi connectivity index (χ2v) is 11.3. The van der Waals surface area contributed by atoms with Gasteiger partial charge in [0.05, 0.1) is 5.69 Å². The molecule has 2 aromatic carbocycles. The van der Waals surface area contributed by atoms with Crippen molar-refractivity contribution in [1.82, 2.24) is 20.5 Å². The van der Waals surface area contributed by atoms with E-state index in [2.05, 4.69) is 34.9 Å². The van der Waals surface area contributed by atoms with Crippen LogP contribution in [0.15, 0.2) is 48.5 Å². The van der Waals surface area contributed by atoms with Crippen LogP contribution in [0.1, 0.15) is 67.8 Å². The van der Waals surface area contributed by atoms with Crippen molar-refractivity contribution < 1.29 is 23.9 Å². The number of ether oxygens (including phenoxy) is 1. The van der Waals surface area contributed by atoms with E-state index in [0.717, 1.165) is 41.1 Å². The maximum atomic E-state index is 13.0. The molecule has 0 bridgehead atoms. The molecule has 2 N–H and O–H groups in total. The summed E-state index contributed by atoms with van der Waals surface area (Å²) in [7, 11) is 0. The van der Waals surface area contributed by atoms with E-state index in [4.69, 9.17) is 9.72 Å². The molecule has 1 fully saturated rings. The number of carbonyl (C=O) groups is 4. The number of carbonyl (C=O) groups excluding carboxylic acids is 4. The first kappa shape index (κ1) is 25.2. The summed E-state index contributed by atoms with van der Waals surface area (Å²) >= 11 is 1.61. The Hall–Kier alpha value is -4.05. The molecule has 39 heavy (non-hydrogen) atoms. The molecule has 0 radical (unpaired) electrons. The van der Waals surface area contributed by atoms with Gasteiger partial charge in [0.2, 0.25) is 11.8 Å². The maximum absolute atomic E-state index is 13.0. The molecule has 2 aliphatic heterocycles. The van der Waals surface area contributed by atoms with E-state index in [-0.39, 0.29) is 31.4 Å². The average Bonchev–Trinajstić information content (AvgIpc) is 3.51. The minimum atomic E-state index is -0.653. The zero-order valence-corrected chi connectivity index (χ0v) is 22.1. The smallest absolute Gasteiger partial charge is 0.407 e. The largest absolute Gasteiger partial charge is 0.442 e. The van der Waals surface area contributed by atoms with Gasteiger partial charge in [-0.15, -0.1) is 11.3 Å². The van der Waals surface area contributed by atoms with Crippen molar-refractivity contribution in [3.8, 4) is 0 Å². The number of fused-ring (bicyclic) bond motifs is 2. The Morgan fingerprint density at radius 3 is 2.77 bits per heavy atom. The molecule has 0 saturated carbocycles. The highest BCUT2D eigenvalue weighted by Gasteiger charge is 2.39. The zero-order valence-electron chi connectivity index (χ0n) is 21.3. The molecular weight excluding hydrogens is 516 g/mol. The van der Waals surface area contributed by atoms with E-state index in [9.17, 15) is 19.2 Å². The number of aryl methyl sites for hydroxylation is 1. The molecule has 2 atom stereocenters. The van der Waals surface area contributed by atoms with E-state index < -0.39 is 18.0 Å². The number of piperidine rings is 1. The minimum Gasteiger partial charge on any atom is -0.442 e. The molecule has 1 aliphatic carbocycles. The number of benzene rings is 2. The minimum absolute atomic E-state index is 0.114. The number of hydrogen-bond acceptors (Lipinski definition) is 7. The molecular formula is C29H28N4O5S. The van der Waals surface area contributed by atoms with Crippen LogP contribution < -0.4 is 10.6 Å². The number of aromatic nitrogens is 1. The number of nitrogens with zero attached hydrogens (tertiary/aromatic N) is 2. The highest BCUT2D eigenvalue weighted by Crippen LogP contribution is 2.35. The number of imide groups is 1. The van der Waals surface area contributed by atoms with E-state index in [1.165, 1.54) is 15.3 Å². The molecule has 2 unspecified atom stereocenters. The molecule has 200 valence electrons. The third-order valence-corrected chi connectivity index (χ3v) is 8.70. The first-order valence-corrected chi connectivity index (χ1v) is 14.0. The fraction of sp³-hybridized carbons (Fsp3) is 0.345. The number of hydrogen-bond donors (Lipinski definition) is 2. The molecule has 3 aliphatic rings. The molecule has 3 heterocycles. The lowest BCUT2D eigenvalue weighted by Gasteiger charge is -2.29. The fourth-order valence-corrected chi connectivity index (χ4v) is 6.67. The second kappa shape index (κ2) is 10.6. The highest BCUT2D eigenvalue weighted by molar-refractivity contribution is 7.11. The van der Waals surface area contributed by atoms with Gasteiger partial charge in [0.25, 0.3) is 5.91 Å². The van der Waals surface area contributed by atoms with E-state index in [1.807, 2.05) is 18.2 Å². The van der Waals surface area contributed by atoms with Gasteiger partial charge in [-0.3, -0.25) is 19.7 Å². The third-order valence-electron chi connectivity index (χ3n) is 7.61. The van der Waals surface area contributed by atoms with Crippen LogP contribution >= 0.6 is 11.3 Å². The number of thiazole rings is 1. The number of rotatable bonds is 6. The summed E-state index contributed by atoms with van der Waals surface area (Å²) in [6.07, 6.45) is 2.93. The van der Waals surface area contributed by atoms with Gasteiger partial charge in [-0.1, -0.05) is 42.5 Å². The molecule has 1 aromatic heterocycles. The summed E-state index contributed by atoms with van der Waals surface area (Å²) in [5.41, 5.74) is 4.54. The van der Waals surface area contributed by atoms with Gasteiger partial charge in [0.15, 0.2) is 0 Å². The maximum Gasteiger partial charge on any atom is 0.407 e. The van der Waals surface area contributed by atoms with Crippen LogP contribution in [-0.2, 0) is 46.9 Å². The Morgan fingerprint density at radius 1 is 1.10 bits per heavy atom. The van der Waals surface area contributed by atoms with Gasteiger partial charge in [0.1, 0.15) is 17.7 Å². The molecule has 9 nitrogen and oxygen atoms in total. The Labute approximate surface area is 229 Å². The Bertz CT molecular complexity index is 1450. The summed E-state index contributed by atoms with van der Waals surface area (Å²) in [4.78, 5) is 56.5. The van der Waals surface area contributed by atoms with E-state index in [1.54, 1.807) is 17.4 Å². The molecule has 0 spiro atoms. The standard InChI is InChI=1S/C29H28N4O5S/c34-25-11-10-23(27(35)32-25)33-15-20-7-6-17(12-21(20)28(33)36)14-30-29(37)38-16-26-31-22-9-8-19(13-24(22)39-26)18-4-2-1-3-5-18/h1-7,12,19,23H,8-11,13-16H2,(H,30,37)(H,32,34,35). The van der Waals surface area contributed by atoms with Gasteiger partial charge in [-0.2, -0.15) is 0 Å². The number of nitrogens with one attached hydrogen (secondary N) is 2. The van der Waals surface area contributed by atoms with Crippen LogP contribution in [0.5, 0.6) is 0 Å². The normalized spacial score (nSPS) is 20.3. The Balaban J connectivity index is 1.01. The molecule has 1 saturated heterocycles. The highest BCUT2D eigenvalue weighted by atomic mass is 32.1. The van der Waals surface area contributed by atoms with Crippen molar-refractivity contribution in [2.45, 2.75) is 63.8 Å². The van der Waals surface area contributed by atoms with Gasteiger partial charge in [0, 0.05) is 30.0 Å². The first-order valence-electron chi connectivity index (χ1n) is 13.1. The lowest BCUT2D eigenvalue weighted by atomic mass is 9.85. The van der Waals surface area contributed by atoms with E-state index in [0.29, 0.717) is 24.4 Å². The van der Waals surface area contributed by atoms with Crippen LogP contribution in [-0.4, -0.2) is 39.7 Å². The Morgan fingerprint density at radius 2 is 1.95 bits per heavy atom. The van der Waals surface area contributed by atoms with Gasteiger partial charge in [-0.05, 0) is 54.4 Å². The SMILES string of the molecule is O=C1CCC(N2Cc3ccc(CNC(=O)OCc4nc5c(s4)CC(c4ccccc4)CC5)cc3C2=O)C(=O)N1. The summed E-state index contributed by atoms with van der Waals surface area (Å²) in [5.74, 6) is -0.501. The van der Waals surface area contributed by atoms with Crippen molar-refractivity contribution in [1.29, 1.82) is 0 Å². The van der Waals surface area contributed by atoms with Crippen LogP contribution in [0, 0.1) is 0 Å². The molecule has 4 amide bonds. The summed E-state index contributed by atoms with van der Waals surface area (Å²) < 4.78 is 5.42. The van der Waals surface area contributed by atoms with Crippen molar-refractivity contribution in [3.05, 3.63) is 86.4 Å². The quantitative estimate of drug-likeness (QED) is 0.458. The second-order valence-electron chi connectivity index (χ2n) is 10.1. The van der Waals surface area contributed by atoms with Crippen LogP contribution in [0.25, 0.3) is 0 Å². The predicted molar refractivity (Wildman–Crippen MR) is 143 cm³/mol. The lowest BCUT2D eigenvalue weighted by molar-refractivity contribution is -0.136. The lowest BCUT2D eigenvalue weighted by Crippen LogP contribution is -2.52. The van der Waals surface area contributed by atoms with Crippen LogP contribution in [0.2, 0.25) is 0 Å². The molecule has 10 heteroatoms. The zero-order chi connectivity index (χ0) is 26.9. The molecule has 6 rings (SSSR count). The fourth-order valence-electron chi connectivity index (χ4n) is 5.56.